The maximum Gasteiger partial charge on any atom is 0.0623 e. The standard InChI is InChI=1S/C14H27N3O/c1-10(2)17-4-3-11-6-16(7-14(11)17)13-5-12(15)8-18-9-13/h10-14H,3-9,15H2,1-2H3. The van der Waals surface area contributed by atoms with Gasteiger partial charge in [0.15, 0.2) is 0 Å². The summed E-state index contributed by atoms with van der Waals surface area (Å²) in [7, 11) is 0. The number of likely N-dealkylation sites (tertiary alicyclic amines) is 2. The summed E-state index contributed by atoms with van der Waals surface area (Å²) < 4.78 is 5.62. The van der Waals surface area contributed by atoms with Crippen molar-refractivity contribution in [3.8, 4) is 0 Å². The topological polar surface area (TPSA) is 41.7 Å². The molecule has 104 valence electrons. The first-order valence-corrected chi connectivity index (χ1v) is 7.48. The molecule has 0 radical (unpaired) electrons. The first-order valence-electron chi connectivity index (χ1n) is 7.48. The summed E-state index contributed by atoms with van der Waals surface area (Å²) in [5.74, 6) is 0.880. The lowest BCUT2D eigenvalue weighted by atomic mass is 10.0. The highest BCUT2D eigenvalue weighted by Gasteiger charge is 2.44. The third kappa shape index (κ3) is 2.31. The number of rotatable bonds is 2. The first kappa shape index (κ1) is 12.9. The number of hydrogen-bond donors (Lipinski definition) is 1. The van der Waals surface area contributed by atoms with Gasteiger partial charge in [-0.2, -0.15) is 0 Å². The van der Waals surface area contributed by atoms with Crippen LogP contribution in [0.1, 0.15) is 26.7 Å². The Balaban J connectivity index is 1.61. The Bertz CT molecular complexity index is 297. The van der Waals surface area contributed by atoms with Gasteiger partial charge in [-0.3, -0.25) is 9.80 Å². The highest BCUT2D eigenvalue weighted by atomic mass is 16.5. The van der Waals surface area contributed by atoms with Gasteiger partial charge in [0.05, 0.1) is 13.2 Å². The summed E-state index contributed by atoms with van der Waals surface area (Å²) in [6.45, 7) is 10.1. The smallest absolute Gasteiger partial charge is 0.0623 e. The van der Waals surface area contributed by atoms with Gasteiger partial charge in [-0.15, -0.1) is 0 Å². The van der Waals surface area contributed by atoms with Gasteiger partial charge in [-0.1, -0.05) is 0 Å². The number of nitrogens with two attached hydrogens (primary N) is 1. The Labute approximate surface area is 110 Å². The molecule has 0 saturated carbocycles. The van der Waals surface area contributed by atoms with E-state index in [4.69, 9.17) is 10.5 Å². The summed E-state index contributed by atoms with van der Waals surface area (Å²) >= 11 is 0. The summed E-state index contributed by atoms with van der Waals surface area (Å²) in [6.07, 6.45) is 2.49. The van der Waals surface area contributed by atoms with Crippen LogP contribution in [-0.2, 0) is 4.74 Å². The summed E-state index contributed by atoms with van der Waals surface area (Å²) in [4.78, 5) is 5.33. The molecule has 0 amide bonds. The van der Waals surface area contributed by atoms with Crippen LogP contribution in [0.25, 0.3) is 0 Å². The van der Waals surface area contributed by atoms with Crippen LogP contribution in [0.2, 0.25) is 0 Å². The van der Waals surface area contributed by atoms with Crippen LogP contribution in [0.3, 0.4) is 0 Å². The Morgan fingerprint density at radius 2 is 2.06 bits per heavy atom. The molecule has 18 heavy (non-hydrogen) atoms. The van der Waals surface area contributed by atoms with Gasteiger partial charge in [0.1, 0.15) is 0 Å². The molecule has 0 aromatic heterocycles. The lowest BCUT2D eigenvalue weighted by molar-refractivity contribution is 0.0109. The van der Waals surface area contributed by atoms with Gasteiger partial charge in [-0.25, -0.2) is 0 Å². The highest BCUT2D eigenvalue weighted by Crippen LogP contribution is 2.34. The summed E-state index contributed by atoms with van der Waals surface area (Å²) in [5, 5.41) is 0. The van der Waals surface area contributed by atoms with Crippen molar-refractivity contribution in [3.63, 3.8) is 0 Å². The molecule has 0 aliphatic carbocycles. The minimum absolute atomic E-state index is 0.241. The molecule has 3 saturated heterocycles. The molecule has 3 aliphatic heterocycles. The van der Waals surface area contributed by atoms with Gasteiger partial charge in [0.25, 0.3) is 0 Å². The van der Waals surface area contributed by atoms with Crippen molar-refractivity contribution in [3.05, 3.63) is 0 Å². The molecular formula is C14H27N3O. The molecule has 3 rings (SSSR count). The molecule has 4 unspecified atom stereocenters. The van der Waals surface area contributed by atoms with Crippen molar-refractivity contribution in [2.24, 2.45) is 11.7 Å². The van der Waals surface area contributed by atoms with Crippen molar-refractivity contribution < 1.29 is 4.74 Å². The van der Waals surface area contributed by atoms with Crippen molar-refractivity contribution in [1.29, 1.82) is 0 Å². The predicted molar refractivity (Wildman–Crippen MR) is 72.5 cm³/mol. The number of ether oxygens (including phenoxy) is 1. The molecule has 3 fully saturated rings. The van der Waals surface area contributed by atoms with E-state index < -0.39 is 0 Å². The minimum Gasteiger partial charge on any atom is -0.378 e. The Morgan fingerprint density at radius 1 is 1.22 bits per heavy atom. The fourth-order valence-corrected chi connectivity index (χ4v) is 4.06. The zero-order chi connectivity index (χ0) is 12.7. The highest BCUT2D eigenvalue weighted by molar-refractivity contribution is 4.99. The van der Waals surface area contributed by atoms with E-state index in [1.165, 1.54) is 26.1 Å². The molecule has 0 spiro atoms. The molecule has 0 aromatic carbocycles. The molecular weight excluding hydrogens is 226 g/mol. The van der Waals surface area contributed by atoms with E-state index in [2.05, 4.69) is 23.6 Å². The maximum absolute atomic E-state index is 6.02. The van der Waals surface area contributed by atoms with Crippen LogP contribution < -0.4 is 5.73 Å². The molecule has 0 bridgehead atoms. The lowest BCUT2D eigenvalue weighted by Crippen LogP contribution is -2.48. The zero-order valence-electron chi connectivity index (χ0n) is 11.7. The van der Waals surface area contributed by atoms with Crippen LogP contribution in [-0.4, -0.2) is 66.8 Å². The van der Waals surface area contributed by atoms with E-state index in [-0.39, 0.29) is 6.04 Å². The van der Waals surface area contributed by atoms with Crippen molar-refractivity contribution in [2.75, 3.05) is 32.8 Å². The molecule has 4 heteroatoms. The van der Waals surface area contributed by atoms with Crippen LogP contribution in [0.5, 0.6) is 0 Å². The van der Waals surface area contributed by atoms with Crippen molar-refractivity contribution >= 4 is 0 Å². The van der Waals surface area contributed by atoms with E-state index in [0.29, 0.717) is 12.1 Å². The van der Waals surface area contributed by atoms with Crippen LogP contribution in [0.15, 0.2) is 0 Å². The molecule has 3 aliphatic rings. The van der Waals surface area contributed by atoms with Crippen molar-refractivity contribution in [2.45, 2.75) is 50.9 Å². The van der Waals surface area contributed by atoms with E-state index in [1.54, 1.807) is 0 Å². The van der Waals surface area contributed by atoms with Crippen LogP contribution in [0.4, 0.5) is 0 Å². The fraction of sp³-hybridized carbons (Fsp3) is 1.00. The minimum atomic E-state index is 0.241. The molecule has 3 heterocycles. The second-order valence-electron chi connectivity index (χ2n) is 6.59. The van der Waals surface area contributed by atoms with E-state index in [9.17, 15) is 0 Å². The molecule has 4 nitrogen and oxygen atoms in total. The molecule has 0 aromatic rings. The number of hydrogen-bond acceptors (Lipinski definition) is 4. The lowest BCUT2D eigenvalue weighted by Gasteiger charge is -2.35. The van der Waals surface area contributed by atoms with Crippen molar-refractivity contribution in [1.82, 2.24) is 9.80 Å². The Morgan fingerprint density at radius 3 is 2.78 bits per heavy atom. The van der Waals surface area contributed by atoms with Gasteiger partial charge in [0, 0.05) is 37.3 Å². The average molecular weight is 253 g/mol. The normalized spacial score (nSPS) is 42.7. The van der Waals surface area contributed by atoms with Gasteiger partial charge < -0.3 is 10.5 Å². The monoisotopic (exact) mass is 253 g/mol. The SMILES string of the molecule is CC(C)N1CCC2CN(C3COCC(N)C3)CC21. The second-order valence-corrected chi connectivity index (χ2v) is 6.59. The number of fused-ring (bicyclic) bond motifs is 1. The van der Waals surface area contributed by atoms with E-state index in [1.807, 2.05) is 0 Å². The van der Waals surface area contributed by atoms with E-state index >= 15 is 0 Å². The van der Waals surface area contributed by atoms with Crippen LogP contribution in [0, 0.1) is 5.92 Å². The third-order valence-electron chi connectivity index (χ3n) is 5.02. The molecule has 2 N–H and O–H groups in total. The maximum atomic E-state index is 6.02. The Kier molecular flexibility index (Phi) is 3.63. The Hall–Kier alpha value is -0.160. The largest absolute Gasteiger partial charge is 0.378 e. The quantitative estimate of drug-likeness (QED) is 0.779. The fourth-order valence-electron chi connectivity index (χ4n) is 4.06. The van der Waals surface area contributed by atoms with Gasteiger partial charge in [-0.05, 0) is 39.2 Å². The second kappa shape index (κ2) is 5.08. The summed E-state index contributed by atoms with van der Waals surface area (Å²) in [5.41, 5.74) is 6.02. The predicted octanol–water partition coefficient (Wildman–Crippen LogP) is 0.517. The first-order chi connectivity index (χ1) is 8.65. The number of nitrogens with zero attached hydrogens (tertiary/aromatic N) is 2. The third-order valence-corrected chi connectivity index (χ3v) is 5.02. The van der Waals surface area contributed by atoms with Gasteiger partial charge in [0.2, 0.25) is 0 Å². The van der Waals surface area contributed by atoms with Gasteiger partial charge >= 0.3 is 0 Å². The van der Waals surface area contributed by atoms with E-state index in [0.717, 1.165) is 31.6 Å². The average Bonchev–Trinajstić information content (AvgIpc) is 2.87. The molecule has 4 atom stereocenters. The van der Waals surface area contributed by atoms with Crippen LogP contribution >= 0.6 is 0 Å². The zero-order valence-corrected chi connectivity index (χ0v) is 11.7. The summed E-state index contributed by atoms with van der Waals surface area (Å²) in [6, 6.07) is 2.27.